The number of nitrogens with zero attached hydrogens (tertiary/aromatic N) is 2. The van der Waals surface area contributed by atoms with Gasteiger partial charge in [0.05, 0.1) is 31.2 Å². The molecule has 1 amide bonds. The second kappa shape index (κ2) is 9.89. The summed E-state index contributed by atoms with van der Waals surface area (Å²) in [5.74, 6) is 1.05. The predicted octanol–water partition coefficient (Wildman–Crippen LogP) is 4.40. The van der Waals surface area contributed by atoms with Gasteiger partial charge >= 0.3 is 0 Å². The van der Waals surface area contributed by atoms with E-state index in [2.05, 4.69) is 18.7 Å². The average Bonchev–Trinajstić information content (AvgIpc) is 3.13. The van der Waals surface area contributed by atoms with Crippen LogP contribution in [-0.2, 0) is 0 Å². The first-order chi connectivity index (χ1) is 16.4. The van der Waals surface area contributed by atoms with Gasteiger partial charge in [0, 0.05) is 12.1 Å². The van der Waals surface area contributed by atoms with Crippen molar-refractivity contribution in [2.75, 3.05) is 40.4 Å². The fraction of sp³-hybridized carbons (Fsp3) is 0.407. The Morgan fingerprint density at radius 3 is 2.47 bits per heavy atom. The quantitative estimate of drug-likeness (QED) is 0.468. The van der Waals surface area contributed by atoms with Crippen molar-refractivity contribution in [2.45, 2.75) is 33.2 Å². The molecule has 1 unspecified atom stereocenters. The lowest BCUT2D eigenvalue weighted by molar-refractivity contribution is 0.0718. The van der Waals surface area contributed by atoms with Gasteiger partial charge < -0.3 is 23.7 Å². The van der Waals surface area contributed by atoms with E-state index in [-0.39, 0.29) is 17.1 Å². The van der Waals surface area contributed by atoms with Gasteiger partial charge in [0.2, 0.25) is 5.76 Å². The van der Waals surface area contributed by atoms with Crippen molar-refractivity contribution in [1.82, 2.24) is 9.80 Å². The number of hydrogen-bond donors (Lipinski definition) is 0. The number of benzene rings is 2. The summed E-state index contributed by atoms with van der Waals surface area (Å²) in [5, 5.41) is 0.475. The molecule has 180 valence electrons. The number of carbonyl (C=O) groups is 1. The van der Waals surface area contributed by atoms with Crippen LogP contribution in [0.5, 0.6) is 11.5 Å². The first kappa shape index (κ1) is 23.8. The zero-order valence-electron chi connectivity index (χ0n) is 20.5. The van der Waals surface area contributed by atoms with Crippen LogP contribution >= 0.6 is 0 Å². The number of amides is 1. The molecule has 7 heteroatoms. The second-order valence-corrected chi connectivity index (χ2v) is 8.56. The van der Waals surface area contributed by atoms with E-state index in [1.54, 1.807) is 37.3 Å². The maximum Gasteiger partial charge on any atom is 0.290 e. The Morgan fingerprint density at radius 2 is 1.79 bits per heavy atom. The Morgan fingerprint density at radius 1 is 1.03 bits per heavy atom. The summed E-state index contributed by atoms with van der Waals surface area (Å²) < 4.78 is 17.2. The van der Waals surface area contributed by atoms with Crippen molar-refractivity contribution >= 4 is 16.9 Å². The Balaban J connectivity index is 1.88. The van der Waals surface area contributed by atoms with Crippen LogP contribution in [0, 0.1) is 6.92 Å². The van der Waals surface area contributed by atoms with Gasteiger partial charge in [-0.3, -0.25) is 9.59 Å². The normalized spacial score (nSPS) is 15.3. The van der Waals surface area contributed by atoms with Crippen molar-refractivity contribution in [3.63, 3.8) is 0 Å². The number of fused-ring (bicyclic) bond motifs is 2. The molecule has 1 atom stereocenters. The third kappa shape index (κ3) is 4.16. The predicted molar refractivity (Wildman–Crippen MR) is 132 cm³/mol. The highest BCUT2D eigenvalue weighted by Gasteiger charge is 2.43. The van der Waals surface area contributed by atoms with E-state index in [1.165, 1.54) is 0 Å². The summed E-state index contributed by atoms with van der Waals surface area (Å²) in [6.07, 6.45) is 0.775. The molecule has 0 aliphatic carbocycles. The summed E-state index contributed by atoms with van der Waals surface area (Å²) in [6.45, 7) is 9.42. The molecule has 0 N–H and O–H groups in total. The molecule has 4 rings (SSSR count). The van der Waals surface area contributed by atoms with E-state index < -0.39 is 6.04 Å². The zero-order chi connectivity index (χ0) is 24.4. The minimum atomic E-state index is -0.620. The Kier molecular flexibility index (Phi) is 6.93. The molecule has 1 aliphatic heterocycles. The number of carbonyl (C=O) groups excluding carboxylic acids is 1. The Labute approximate surface area is 199 Å². The standard InChI is InChI=1S/C27H32N2O5/c1-6-28(7-2)13-8-14-29-24(19-16-18(32-4)10-12-21(19)33-5)23-25(30)20-15-17(3)9-11-22(20)34-26(23)27(29)31/h9-12,15-16,24H,6-8,13-14H2,1-5H3. The minimum Gasteiger partial charge on any atom is -0.497 e. The molecule has 3 aromatic rings. The summed E-state index contributed by atoms with van der Waals surface area (Å²) in [7, 11) is 3.17. The van der Waals surface area contributed by atoms with Gasteiger partial charge in [-0.05, 0) is 63.3 Å². The van der Waals surface area contributed by atoms with Gasteiger partial charge in [-0.15, -0.1) is 0 Å². The number of aryl methyl sites for hydroxylation is 1. The molecule has 0 saturated carbocycles. The molecule has 2 aromatic carbocycles. The molecule has 2 heterocycles. The lowest BCUT2D eigenvalue weighted by Crippen LogP contribution is -2.33. The van der Waals surface area contributed by atoms with Gasteiger partial charge in [0.15, 0.2) is 5.43 Å². The van der Waals surface area contributed by atoms with Gasteiger partial charge in [-0.1, -0.05) is 25.5 Å². The average molecular weight is 465 g/mol. The minimum absolute atomic E-state index is 0.110. The fourth-order valence-corrected chi connectivity index (χ4v) is 4.75. The van der Waals surface area contributed by atoms with Crippen molar-refractivity contribution in [3.05, 3.63) is 69.1 Å². The summed E-state index contributed by atoms with van der Waals surface area (Å²) in [5.41, 5.74) is 2.25. The lowest BCUT2D eigenvalue weighted by Gasteiger charge is -2.28. The first-order valence-corrected chi connectivity index (χ1v) is 11.8. The monoisotopic (exact) mass is 464 g/mol. The van der Waals surface area contributed by atoms with Gasteiger partial charge in [0.25, 0.3) is 5.91 Å². The molecular weight excluding hydrogens is 432 g/mol. The van der Waals surface area contributed by atoms with Crippen molar-refractivity contribution in [3.8, 4) is 11.5 Å². The second-order valence-electron chi connectivity index (χ2n) is 8.56. The lowest BCUT2D eigenvalue weighted by atomic mass is 9.97. The number of rotatable bonds is 9. The third-order valence-corrected chi connectivity index (χ3v) is 6.62. The Hall–Kier alpha value is -3.32. The highest BCUT2D eigenvalue weighted by molar-refractivity contribution is 5.99. The molecule has 34 heavy (non-hydrogen) atoms. The van der Waals surface area contributed by atoms with Crippen molar-refractivity contribution in [2.24, 2.45) is 0 Å². The van der Waals surface area contributed by atoms with E-state index in [1.807, 2.05) is 25.1 Å². The molecule has 0 bridgehead atoms. The van der Waals surface area contributed by atoms with Crippen LogP contribution in [0.1, 0.15) is 53.6 Å². The summed E-state index contributed by atoms with van der Waals surface area (Å²) in [4.78, 5) is 31.4. The van der Waals surface area contributed by atoms with E-state index in [0.29, 0.717) is 40.1 Å². The van der Waals surface area contributed by atoms with Crippen LogP contribution in [0.4, 0.5) is 0 Å². The van der Waals surface area contributed by atoms with Crippen LogP contribution < -0.4 is 14.9 Å². The SMILES string of the molecule is CCN(CC)CCCN1C(=O)c2oc3ccc(C)cc3c(=O)c2C1c1cc(OC)ccc1OC. The molecule has 0 radical (unpaired) electrons. The zero-order valence-corrected chi connectivity index (χ0v) is 20.5. The highest BCUT2D eigenvalue weighted by atomic mass is 16.5. The van der Waals surface area contributed by atoms with E-state index in [4.69, 9.17) is 13.9 Å². The first-order valence-electron chi connectivity index (χ1n) is 11.8. The van der Waals surface area contributed by atoms with Crippen LogP contribution in [-0.4, -0.2) is 56.1 Å². The molecule has 1 aromatic heterocycles. The maximum atomic E-state index is 13.8. The van der Waals surface area contributed by atoms with Crippen LogP contribution in [0.15, 0.2) is 45.6 Å². The molecule has 1 aliphatic rings. The van der Waals surface area contributed by atoms with Crippen LogP contribution in [0.3, 0.4) is 0 Å². The van der Waals surface area contributed by atoms with E-state index in [9.17, 15) is 9.59 Å². The van der Waals surface area contributed by atoms with E-state index in [0.717, 1.165) is 31.6 Å². The molecule has 0 spiro atoms. The van der Waals surface area contributed by atoms with E-state index >= 15 is 0 Å². The number of methoxy groups -OCH3 is 2. The highest BCUT2D eigenvalue weighted by Crippen LogP contribution is 2.42. The van der Waals surface area contributed by atoms with Crippen molar-refractivity contribution in [1.29, 1.82) is 0 Å². The number of hydrogen-bond acceptors (Lipinski definition) is 6. The van der Waals surface area contributed by atoms with Gasteiger partial charge in [-0.2, -0.15) is 0 Å². The topological polar surface area (TPSA) is 72.2 Å². The molecule has 0 saturated heterocycles. The summed E-state index contributed by atoms with van der Waals surface area (Å²) >= 11 is 0. The van der Waals surface area contributed by atoms with Crippen molar-refractivity contribution < 1.29 is 18.7 Å². The molecular formula is C27H32N2O5. The fourth-order valence-electron chi connectivity index (χ4n) is 4.75. The molecule has 0 fully saturated rings. The van der Waals surface area contributed by atoms with Gasteiger partial charge in [-0.25, -0.2) is 0 Å². The third-order valence-electron chi connectivity index (χ3n) is 6.62. The maximum absolute atomic E-state index is 13.8. The summed E-state index contributed by atoms with van der Waals surface area (Å²) in [6, 6.07) is 10.3. The number of ether oxygens (including phenoxy) is 2. The molecule has 7 nitrogen and oxygen atoms in total. The van der Waals surface area contributed by atoms with Gasteiger partial charge in [0.1, 0.15) is 17.1 Å². The largest absolute Gasteiger partial charge is 0.497 e. The van der Waals surface area contributed by atoms with Crippen LogP contribution in [0.2, 0.25) is 0 Å². The Bertz CT molecular complexity index is 1260. The van der Waals surface area contributed by atoms with Crippen LogP contribution in [0.25, 0.3) is 11.0 Å². The smallest absolute Gasteiger partial charge is 0.290 e.